The molecule has 1 heterocycles. The predicted molar refractivity (Wildman–Crippen MR) is 113 cm³/mol. The number of rotatable bonds is 16. The minimum atomic E-state index is -1.12. The van der Waals surface area contributed by atoms with Gasteiger partial charge in [-0.3, -0.25) is 14.4 Å². The standard InChI is InChI=1S/C22H35NO9/c1-6-11-27-12-9-21(2,3)30-13-10-22(4,5)31-17-15-28-14-16-29-20(26)32-23-18(24)7-8-19(23)25/h1H,7-17H2,2-5H3. The van der Waals surface area contributed by atoms with Gasteiger partial charge >= 0.3 is 6.16 Å². The first-order valence-corrected chi connectivity index (χ1v) is 10.6. The Morgan fingerprint density at radius 3 is 2.06 bits per heavy atom. The van der Waals surface area contributed by atoms with E-state index in [1.54, 1.807) is 0 Å². The third kappa shape index (κ3) is 12.0. The monoisotopic (exact) mass is 457 g/mol. The molecule has 32 heavy (non-hydrogen) atoms. The van der Waals surface area contributed by atoms with E-state index in [0.717, 1.165) is 6.42 Å². The van der Waals surface area contributed by atoms with E-state index in [-0.39, 0.29) is 31.7 Å². The number of nitrogens with zero attached hydrogens (tertiary/aromatic N) is 1. The van der Waals surface area contributed by atoms with Gasteiger partial charge in [0.05, 0.1) is 44.2 Å². The van der Waals surface area contributed by atoms with E-state index < -0.39 is 23.6 Å². The van der Waals surface area contributed by atoms with Gasteiger partial charge < -0.3 is 23.7 Å². The lowest BCUT2D eigenvalue weighted by atomic mass is 10.0. The quantitative estimate of drug-likeness (QED) is 0.149. The van der Waals surface area contributed by atoms with Crippen molar-refractivity contribution in [2.24, 2.45) is 0 Å². The first kappa shape index (κ1) is 27.8. The van der Waals surface area contributed by atoms with E-state index in [4.69, 9.17) is 30.1 Å². The summed E-state index contributed by atoms with van der Waals surface area (Å²) in [4.78, 5) is 38.7. The van der Waals surface area contributed by atoms with Crippen LogP contribution in [0.5, 0.6) is 0 Å². The van der Waals surface area contributed by atoms with E-state index in [9.17, 15) is 14.4 Å². The van der Waals surface area contributed by atoms with Crippen molar-refractivity contribution in [3.05, 3.63) is 0 Å². The van der Waals surface area contributed by atoms with Crippen LogP contribution < -0.4 is 0 Å². The molecule has 182 valence electrons. The van der Waals surface area contributed by atoms with Crippen molar-refractivity contribution >= 4 is 18.0 Å². The largest absolute Gasteiger partial charge is 0.534 e. The number of carbonyl (C=O) groups is 3. The van der Waals surface area contributed by atoms with Crippen molar-refractivity contribution in [2.45, 2.75) is 64.6 Å². The predicted octanol–water partition coefficient (Wildman–Crippen LogP) is 2.24. The molecule has 1 aliphatic rings. The number of ether oxygens (including phenoxy) is 5. The number of hydroxylamine groups is 2. The molecule has 10 nitrogen and oxygen atoms in total. The van der Waals surface area contributed by atoms with Crippen LogP contribution in [0.4, 0.5) is 4.79 Å². The van der Waals surface area contributed by atoms with Crippen LogP contribution in [0.2, 0.25) is 0 Å². The molecule has 0 aliphatic carbocycles. The average molecular weight is 458 g/mol. The van der Waals surface area contributed by atoms with Crippen molar-refractivity contribution in [1.29, 1.82) is 0 Å². The molecule has 2 amide bonds. The zero-order valence-electron chi connectivity index (χ0n) is 19.5. The molecule has 0 N–H and O–H groups in total. The van der Waals surface area contributed by atoms with Crippen molar-refractivity contribution < 1.29 is 42.9 Å². The van der Waals surface area contributed by atoms with Crippen molar-refractivity contribution in [3.8, 4) is 12.3 Å². The van der Waals surface area contributed by atoms with Crippen LogP contribution in [0.1, 0.15) is 53.4 Å². The summed E-state index contributed by atoms with van der Waals surface area (Å²) in [7, 11) is 0. The number of amides is 2. The number of carbonyl (C=O) groups excluding carboxylic acids is 3. The van der Waals surface area contributed by atoms with Gasteiger partial charge in [0.2, 0.25) is 0 Å². The van der Waals surface area contributed by atoms with Crippen LogP contribution >= 0.6 is 0 Å². The smallest absolute Gasteiger partial charge is 0.430 e. The molecule has 0 radical (unpaired) electrons. The maximum Gasteiger partial charge on any atom is 0.534 e. The summed E-state index contributed by atoms with van der Waals surface area (Å²) >= 11 is 0. The van der Waals surface area contributed by atoms with Crippen LogP contribution in [0.25, 0.3) is 0 Å². The Morgan fingerprint density at radius 2 is 1.44 bits per heavy atom. The molecule has 0 saturated carbocycles. The van der Waals surface area contributed by atoms with Gasteiger partial charge in [0.1, 0.15) is 13.2 Å². The summed E-state index contributed by atoms with van der Waals surface area (Å²) in [6.45, 7) is 10.1. The summed E-state index contributed by atoms with van der Waals surface area (Å²) in [6.07, 6.45) is 5.52. The lowest BCUT2D eigenvalue weighted by molar-refractivity contribution is -0.177. The zero-order valence-corrected chi connectivity index (χ0v) is 19.5. The normalized spacial score (nSPS) is 14.5. The van der Waals surface area contributed by atoms with Gasteiger partial charge in [-0.05, 0) is 40.5 Å². The van der Waals surface area contributed by atoms with Crippen molar-refractivity contribution in [2.75, 3.05) is 46.2 Å². The Morgan fingerprint density at radius 1 is 0.875 bits per heavy atom. The Hall–Kier alpha value is -2.19. The van der Waals surface area contributed by atoms with E-state index >= 15 is 0 Å². The van der Waals surface area contributed by atoms with E-state index in [0.29, 0.717) is 44.5 Å². The second-order valence-corrected chi connectivity index (χ2v) is 8.36. The second-order valence-electron chi connectivity index (χ2n) is 8.36. The fourth-order valence-corrected chi connectivity index (χ4v) is 2.59. The lowest BCUT2D eigenvalue weighted by Gasteiger charge is -2.29. The molecule has 0 aromatic rings. The van der Waals surface area contributed by atoms with Gasteiger partial charge in [-0.1, -0.05) is 11.0 Å². The Kier molecular flexibility index (Phi) is 12.2. The Balaban J connectivity index is 2.06. The van der Waals surface area contributed by atoms with Crippen LogP contribution in [-0.2, 0) is 38.1 Å². The highest BCUT2D eigenvalue weighted by Gasteiger charge is 2.33. The average Bonchev–Trinajstić information content (AvgIpc) is 3.02. The molecular formula is C22H35NO9. The maximum absolute atomic E-state index is 11.5. The van der Waals surface area contributed by atoms with Crippen molar-refractivity contribution in [1.82, 2.24) is 5.06 Å². The topological polar surface area (TPSA) is 110 Å². The maximum atomic E-state index is 11.5. The van der Waals surface area contributed by atoms with Gasteiger partial charge in [0.15, 0.2) is 0 Å². The molecule has 1 rings (SSSR count). The summed E-state index contributed by atoms with van der Waals surface area (Å²) in [5, 5.41) is 0.428. The molecule has 0 bridgehead atoms. The summed E-state index contributed by atoms with van der Waals surface area (Å²) < 4.78 is 27.2. The van der Waals surface area contributed by atoms with Crippen LogP contribution in [0.3, 0.4) is 0 Å². The molecule has 1 saturated heterocycles. The molecule has 0 unspecified atom stereocenters. The Bertz CT molecular complexity index is 638. The second kappa shape index (κ2) is 14.1. The fraction of sp³-hybridized carbons (Fsp3) is 0.773. The van der Waals surface area contributed by atoms with E-state index in [1.165, 1.54) is 0 Å². The molecule has 0 atom stereocenters. The van der Waals surface area contributed by atoms with Crippen molar-refractivity contribution in [3.63, 3.8) is 0 Å². The molecule has 10 heteroatoms. The highest BCUT2D eigenvalue weighted by molar-refractivity contribution is 6.01. The number of hydrogen-bond acceptors (Lipinski definition) is 9. The van der Waals surface area contributed by atoms with Crippen LogP contribution in [0.15, 0.2) is 0 Å². The third-order valence-corrected chi connectivity index (χ3v) is 4.57. The number of imide groups is 1. The van der Waals surface area contributed by atoms with E-state index in [2.05, 4.69) is 10.8 Å². The fourth-order valence-electron chi connectivity index (χ4n) is 2.59. The molecule has 1 fully saturated rings. The highest BCUT2D eigenvalue weighted by Crippen LogP contribution is 2.19. The van der Waals surface area contributed by atoms with Crippen LogP contribution in [-0.4, -0.2) is 80.5 Å². The number of terminal acetylenes is 1. The summed E-state index contributed by atoms with van der Waals surface area (Å²) in [6, 6.07) is 0. The summed E-state index contributed by atoms with van der Waals surface area (Å²) in [5.74, 6) is 1.30. The first-order chi connectivity index (χ1) is 15.1. The van der Waals surface area contributed by atoms with Gasteiger partial charge in [0.25, 0.3) is 11.8 Å². The SMILES string of the molecule is C#CCOCCC(C)(C)OCCC(C)(C)OCCOCCOC(=O)ON1C(=O)CCC1=O. The zero-order chi connectivity index (χ0) is 24.0. The molecule has 0 aromatic carbocycles. The Labute approximate surface area is 189 Å². The molecule has 1 aliphatic heterocycles. The van der Waals surface area contributed by atoms with Gasteiger partial charge in [-0.15, -0.1) is 6.42 Å². The molecular weight excluding hydrogens is 422 g/mol. The molecule has 0 aromatic heterocycles. The first-order valence-electron chi connectivity index (χ1n) is 10.6. The van der Waals surface area contributed by atoms with Gasteiger partial charge in [0, 0.05) is 12.8 Å². The highest BCUT2D eigenvalue weighted by atomic mass is 16.8. The minimum absolute atomic E-state index is 0.0254. The summed E-state index contributed by atoms with van der Waals surface area (Å²) in [5.41, 5.74) is -0.710. The van der Waals surface area contributed by atoms with Gasteiger partial charge in [-0.2, -0.15) is 0 Å². The van der Waals surface area contributed by atoms with Gasteiger partial charge in [-0.25, -0.2) is 4.79 Å². The van der Waals surface area contributed by atoms with E-state index in [1.807, 2.05) is 27.7 Å². The number of hydrogen-bond donors (Lipinski definition) is 0. The van der Waals surface area contributed by atoms with Crippen LogP contribution in [0, 0.1) is 12.3 Å². The minimum Gasteiger partial charge on any atom is -0.430 e. The lowest BCUT2D eigenvalue weighted by Crippen LogP contribution is -2.33. The third-order valence-electron chi connectivity index (χ3n) is 4.57. The molecule has 0 spiro atoms.